The van der Waals surface area contributed by atoms with Gasteiger partial charge >= 0.3 is 5.69 Å². The fourth-order valence-electron chi connectivity index (χ4n) is 1.95. The summed E-state index contributed by atoms with van der Waals surface area (Å²) in [6.07, 6.45) is 1.36. The lowest BCUT2D eigenvalue weighted by Gasteiger charge is -2.42. The fourth-order valence-corrected chi connectivity index (χ4v) is 1.95. The van der Waals surface area contributed by atoms with E-state index in [9.17, 15) is 14.0 Å². The second-order valence-electron chi connectivity index (χ2n) is 3.97. The van der Waals surface area contributed by atoms with Crippen LogP contribution in [-0.4, -0.2) is 27.3 Å². The van der Waals surface area contributed by atoms with Crippen LogP contribution in [0.2, 0.25) is 0 Å². The molecule has 0 bridgehead atoms. The summed E-state index contributed by atoms with van der Waals surface area (Å²) in [6, 6.07) is -0.760. The van der Waals surface area contributed by atoms with Crippen molar-refractivity contribution < 1.29 is 9.50 Å². The van der Waals surface area contributed by atoms with Gasteiger partial charge in [-0.3, -0.25) is 14.3 Å². The third-order valence-corrected chi connectivity index (χ3v) is 3.05. The van der Waals surface area contributed by atoms with E-state index >= 15 is 0 Å². The van der Waals surface area contributed by atoms with Crippen LogP contribution in [0.25, 0.3) is 0 Å². The van der Waals surface area contributed by atoms with Crippen molar-refractivity contribution in [2.45, 2.75) is 18.5 Å². The van der Waals surface area contributed by atoms with Crippen molar-refractivity contribution in [2.75, 3.05) is 6.61 Å². The molecular weight excluding hydrogens is 217 g/mol. The van der Waals surface area contributed by atoms with Crippen molar-refractivity contribution >= 4 is 0 Å². The topological polar surface area (TPSA) is 101 Å². The maximum absolute atomic E-state index is 13.0. The van der Waals surface area contributed by atoms with Crippen LogP contribution in [0.3, 0.4) is 0 Å². The molecule has 1 fully saturated rings. The zero-order chi connectivity index (χ0) is 11.9. The Kier molecular flexibility index (Phi) is 2.64. The number of aromatic amines is 1. The molecule has 0 aromatic carbocycles. The van der Waals surface area contributed by atoms with E-state index in [2.05, 4.69) is 0 Å². The first kappa shape index (κ1) is 11.0. The Morgan fingerprint density at radius 1 is 1.62 bits per heavy atom. The van der Waals surface area contributed by atoms with Gasteiger partial charge in [0.15, 0.2) is 0 Å². The number of halogens is 1. The number of nitrogens with one attached hydrogen (secondary N) is 1. The number of hydrogen-bond acceptors (Lipinski definition) is 4. The Bertz CT molecular complexity index is 509. The highest BCUT2D eigenvalue weighted by atomic mass is 19.1. The molecule has 1 aliphatic rings. The average Bonchev–Trinajstić information content (AvgIpc) is 2.24. The van der Waals surface area contributed by atoms with Crippen molar-refractivity contribution in [1.82, 2.24) is 9.55 Å². The molecule has 0 saturated heterocycles. The number of aromatic nitrogens is 2. The molecule has 1 aromatic rings. The highest BCUT2D eigenvalue weighted by Gasteiger charge is 2.39. The molecule has 1 aromatic heterocycles. The molecule has 4 N–H and O–H groups in total. The maximum atomic E-state index is 13.0. The number of nitrogens with zero attached hydrogens (tertiary/aromatic N) is 1. The molecular formula is C9H12FN3O3. The van der Waals surface area contributed by atoms with Gasteiger partial charge in [-0.15, -0.1) is 0 Å². The van der Waals surface area contributed by atoms with Gasteiger partial charge in [-0.2, -0.15) is 4.39 Å². The van der Waals surface area contributed by atoms with E-state index in [4.69, 9.17) is 10.8 Å². The minimum atomic E-state index is -1.03. The van der Waals surface area contributed by atoms with E-state index in [1.807, 2.05) is 4.98 Å². The lowest BCUT2D eigenvalue weighted by molar-refractivity contribution is 0.0792. The average molecular weight is 229 g/mol. The smallest absolute Gasteiger partial charge is 0.328 e. The first-order valence-electron chi connectivity index (χ1n) is 4.92. The first-order valence-corrected chi connectivity index (χ1v) is 4.92. The SMILES string of the molecule is NC1C(CO)CC1n1cc(F)c(=O)[nH]c1=O. The van der Waals surface area contributed by atoms with Crippen LogP contribution in [0.15, 0.2) is 15.8 Å². The van der Waals surface area contributed by atoms with Crippen LogP contribution in [-0.2, 0) is 0 Å². The van der Waals surface area contributed by atoms with E-state index in [1.54, 1.807) is 0 Å². The van der Waals surface area contributed by atoms with Crippen molar-refractivity contribution in [1.29, 1.82) is 0 Å². The van der Waals surface area contributed by atoms with Gasteiger partial charge < -0.3 is 10.8 Å². The highest BCUT2D eigenvalue weighted by Crippen LogP contribution is 2.35. The number of rotatable bonds is 2. The predicted molar refractivity (Wildman–Crippen MR) is 53.5 cm³/mol. The number of nitrogens with two attached hydrogens (primary N) is 1. The predicted octanol–water partition coefficient (Wildman–Crippen LogP) is -1.44. The Labute approximate surface area is 89.5 Å². The summed E-state index contributed by atoms with van der Waals surface area (Å²) >= 11 is 0. The number of H-pyrrole nitrogens is 1. The van der Waals surface area contributed by atoms with Crippen LogP contribution in [0.5, 0.6) is 0 Å². The van der Waals surface area contributed by atoms with Crippen LogP contribution in [0.1, 0.15) is 12.5 Å². The summed E-state index contributed by atoms with van der Waals surface area (Å²) < 4.78 is 14.1. The van der Waals surface area contributed by atoms with Crippen molar-refractivity contribution in [2.24, 2.45) is 11.7 Å². The zero-order valence-corrected chi connectivity index (χ0v) is 8.39. The fraction of sp³-hybridized carbons (Fsp3) is 0.556. The zero-order valence-electron chi connectivity index (χ0n) is 8.39. The lowest BCUT2D eigenvalue weighted by Crippen LogP contribution is -2.54. The summed E-state index contributed by atoms with van der Waals surface area (Å²) in [6.45, 7) is -0.0573. The molecule has 3 unspecified atom stereocenters. The van der Waals surface area contributed by atoms with E-state index in [0.717, 1.165) is 10.8 Å². The summed E-state index contributed by atoms with van der Waals surface area (Å²) in [7, 11) is 0. The Morgan fingerprint density at radius 3 is 2.88 bits per heavy atom. The molecule has 3 atom stereocenters. The van der Waals surface area contributed by atoms with Crippen molar-refractivity contribution in [3.63, 3.8) is 0 Å². The van der Waals surface area contributed by atoms with E-state index < -0.39 is 23.1 Å². The maximum Gasteiger partial charge on any atom is 0.328 e. The Hall–Kier alpha value is -1.47. The third kappa shape index (κ3) is 1.57. The number of aliphatic hydroxyl groups excluding tert-OH is 1. The summed E-state index contributed by atoms with van der Waals surface area (Å²) in [5, 5.41) is 8.89. The summed E-state index contributed by atoms with van der Waals surface area (Å²) in [5.41, 5.74) is 4.02. The van der Waals surface area contributed by atoms with E-state index in [-0.39, 0.29) is 18.6 Å². The summed E-state index contributed by atoms with van der Waals surface area (Å²) in [5.74, 6) is -1.09. The molecule has 1 heterocycles. The van der Waals surface area contributed by atoms with Gasteiger partial charge in [0.25, 0.3) is 5.56 Å². The van der Waals surface area contributed by atoms with Crippen LogP contribution in [0, 0.1) is 11.7 Å². The largest absolute Gasteiger partial charge is 0.396 e. The van der Waals surface area contributed by atoms with Crippen molar-refractivity contribution in [3.05, 3.63) is 32.9 Å². The van der Waals surface area contributed by atoms with E-state index in [0.29, 0.717) is 6.42 Å². The second-order valence-corrected chi connectivity index (χ2v) is 3.97. The van der Waals surface area contributed by atoms with Gasteiger partial charge in [0.05, 0.1) is 12.2 Å². The number of hydrogen-bond donors (Lipinski definition) is 3. The van der Waals surface area contributed by atoms with Gasteiger partial charge in [-0.1, -0.05) is 0 Å². The molecule has 0 spiro atoms. The molecule has 0 aliphatic heterocycles. The second kappa shape index (κ2) is 3.84. The Balaban J connectivity index is 2.33. The molecule has 0 amide bonds. The van der Waals surface area contributed by atoms with Crippen LogP contribution < -0.4 is 17.0 Å². The van der Waals surface area contributed by atoms with Gasteiger partial charge in [0.1, 0.15) is 0 Å². The first-order chi connectivity index (χ1) is 7.54. The van der Waals surface area contributed by atoms with Crippen LogP contribution in [0.4, 0.5) is 4.39 Å². The standard InChI is InChI=1S/C9H12FN3O3/c10-5-2-13(9(16)12-8(5)15)6-1-4(3-14)7(6)11/h2,4,6-7,14H,1,3,11H2,(H,12,15,16). The normalized spacial score (nSPS) is 28.8. The lowest BCUT2D eigenvalue weighted by atomic mass is 9.75. The molecule has 7 heteroatoms. The van der Waals surface area contributed by atoms with Gasteiger partial charge in [0.2, 0.25) is 5.82 Å². The van der Waals surface area contributed by atoms with Gasteiger partial charge in [0, 0.05) is 18.6 Å². The third-order valence-electron chi connectivity index (χ3n) is 3.05. The molecule has 2 rings (SSSR count). The van der Waals surface area contributed by atoms with Gasteiger partial charge in [-0.05, 0) is 6.42 Å². The molecule has 1 aliphatic carbocycles. The molecule has 6 nitrogen and oxygen atoms in total. The monoisotopic (exact) mass is 229 g/mol. The Morgan fingerprint density at radius 2 is 2.31 bits per heavy atom. The van der Waals surface area contributed by atoms with Crippen molar-refractivity contribution in [3.8, 4) is 0 Å². The minimum absolute atomic E-state index is 0.0573. The quantitative estimate of drug-likeness (QED) is 0.577. The van der Waals surface area contributed by atoms with Gasteiger partial charge in [-0.25, -0.2) is 4.79 Å². The minimum Gasteiger partial charge on any atom is -0.396 e. The number of aliphatic hydroxyl groups is 1. The molecule has 1 saturated carbocycles. The summed E-state index contributed by atoms with van der Waals surface area (Å²) in [4.78, 5) is 24.1. The molecule has 0 radical (unpaired) electrons. The van der Waals surface area contributed by atoms with E-state index in [1.165, 1.54) is 0 Å². The molecule has 88 valence electrons. The highest BCUT2D eigenvalue weighted by molar-refractivity contribution is 5.00. The van der Waals surface area contributed by atoms with Crippen LogP contribution >= 0.6 is 0 Å². The molecule has 16 heavy (non-hydrogen) atoms.